The molecule has 0 aliphatic carbocycles. The summed E-state index contributed by atoms with van der Waals surface area (Å²) in [4.78, 5) is 0. The molecule has 1 nitrogen and oxygen atoms in total. The van der Waals surface area contributed by atoms with Crippen LogP contribution in [0.1, 0.15) is 17.4 Å². The van der Waals surface area contributed by atoms with Crippen molar-refractivity contribution >= 4 is 27.7 Å². The third-order valence-electron chi connectivity index (χ3n) is 2.11. The average Bonchev–Trinajstić information content (AvgIpc) is 2.20. The number of hydrogen-bond donors (Lipinski definition) is 1. The molecule has 0 saturated carbocycles. The predicted octanol–water partition coefficient (Wildman–Crippen LogP) is 3.17. The Morgan fingerprint density at radius 1 is 1.31 bits per heavy atom. The Morgan fingerprint density at radius 3 is 2.69 bits per heavy atom. The van der Waals surface area contributed by atoms with Crippen molar-refractivity contribution in [1.29, 1.82) is 0 Å². The molecule has 1 aromatic carbocycles. The molecule has 1 N–H and O–H groups in total. The van der Waals surface area contributed by atoms with Crippen LogP contribution < -0.4 is 5.32 Å². The number of halogens is 1. The minimum absolute atomic E-state index is 0.502. The van der Waals surface area contributed by atoms with Crippen LogP contribution in [0.25, 0.3) is 0 Å². The predicted molar refractivity (Wildman–Crippen MR) is 62.0 cm³/mol. The fourth-order valence-corrected chi connectivity index (χ4v) is 2.81. The third-order valence-corrected chi connectivity index (χ3v) is 3.93. The summed E-state index contributed by atoms with van der Waals surface area (Å²) in [6.45, 7) is 1.15. The maximum Gasteiger partial charge on any atom is 0.0789 e. The summed E-state index contributed by atoms with van der Waals surface area (Å²) in [6, 6.07) is 8.57. The van der Waals surface area contributed by atoms with Crippen molar-refractivity contribution in [3.8, 4) is 0 Å². The van der Waals surface area contributed by atoms with E-state index in [1.165, 1.54) is 17.7 Å². The summed E-state index contributed by atoms with van der Waals surface area (Å²) >= 11 is 5.44. The quantitative estimate of drug-likeness (QED) is 0.830. The van der Waals surface area contributed by atoms with Crippen LogP contribution >= 0.6 is 27.7 Å². The Morgan fingerprint density at radius 2 is 2.08 bits per heavy atom. The first-order valence-corrected chi connectivity index (χ1v) is 6.31. The second-order valence-corrected chi connectivity index (χ2v) is 5.24. The smallest absolute Gasteiger partial charge is 0.0789 e. The van der Waals surface area contributed by atoms with Gasteiger partial charge in [-0.3, -0.25) is 0 Å². The van der Waals surface area contributed by atoms with Gasteiger partial charge in [0.2, 0.25) is 0 Å². The van der Waals surface area contributed by atoms with Crippen LogP contribution in [-0.2, 0) is 0 Å². The van der Waals surface area contributed by atoms with Gasteiger partial charge in [0.1, 0.15) is 0 Å². The zero-order valence-electron chi connectivity index (χ0n) is 7.29. The van der Waals surface area contributed by atoms with Gasteiger partial charge in [-0.15, -0.1) is 11.8 Å². The third kappa shape index (κ3) is 2.48. The molecule has 0 aromatic heterocycles. The minimum atomic E-state index is 0.502. The van der Waals surface area contributed by atoms with Crippen molar-refractivity contribution in [1.82, 2.24) is 5.32 Å². The summed E-state index contributed by atoms with van der Waals surface area (Å²) in [6.07, 6.45) is 1.29. The molecule has 13 heavy (non-hydrogen) atoms. The maximum atomic E-state index is 3.50. The second kappa shape index (κ2) is 4.49. The van der Waals surface area contributed by atoms with Crippen molar-refractivity contribution < 1.29 is 0 Å². The van der Waals surface area contributed by atoms with Crippen LogP contribution in [-0.4, -0.2) is 12.3 Å². The second-order valence-electron chi connectivity index (χ2n) is 3.11. The number of benzene rings is 1. The number of thioether (sulfide) groups is 1. The van der Waals surface area contributed by atoms with Crippen molar-refractivity contribution in [3.05, 3.63) is 34.3 Å². The van der Waals surface area contributed by atoms with Gasteiger partial charge in [-0.1, -0.05) is 28.1 Å². The molecule has 1 aliphatic heterocycles. The summed E-state index contributed by atoms with van der Waals surface area (Å²) in [5.74, 6) is 1.27. The standard InChI is InChI=1S/C10H12BrNS/c11-9-4-2-8(3-5-9)10-12-6-1-7-13-10/h2-5,10,12H,1,6-7H2. The molecular weight excluding hydrogens is 246 g/mol. The largest absolute Gasteiger partial charge is 0.302 e. The van der Waals surface area contributed by atoms with Crippen molar-refractivity contribution in [2.45, 2.75) is 11.8 Å². The zero-order chi connectivity index (χ0) is 9.10. The van der Waals surface area contributed by atoms with Crippen LogP contribution in [0.3, 0.4) is 0 Å². The molecule has 0 bridgehead atoms. The summed E-state index contributed by atoms with van der Waals surface area (Å²) in [5.41, 5.74) is 1.38. The average molecular weight is 258 g/mol. The first kappa shape index (κ1) is 9.56. The highest BCUT2D eigenvalue weighted by Gasteiger charge is 2.14. The number of nitrogens with one attached hydrogen (secondary N) is 1. The molecule has 2 rings (SSSR count). The molecule has 3 heteroatoms. The van der Waals surface area contributed by atoms with Crippen LogP contribution in [0.15, 0.2) is 28.7 Å². The first-order valence-electron chi connectivity index (χ1n) is 4.47. The van der Waals surface area contributed by atoms with E-state index in [2.05, 4.69) is 45.5 Å². The fraction of sp³-hybridized carbons (Fsp3) is 0.400. The van der Waals surface area contributed by atoms with Gasteiger partial charge in [0.15, 0.2) is 0 Å². The monoisotopic (exact) mass is 257 g/mol. The van der Waals surface area contributed by atoms with E-state index < -0.39 is 0 Å². The van der Waals surface area contributed by atoms with Gasteiger partial charge in [-0.25, -0.2) is 0 Å². The van der Waals surface area contributed by atoms with E-state index >= 15 is 0 Å². The van der Waals surface area contributed by atoms with Gasteiger partial charge in [0, 0.05) is 4.47 Å². The summed E-state index contributed by atoms with van der Waals surface area (Å²) < 4.78 is 1.15. The molecule has 1 unspecified atom stereocenters. The minimum Gasteiger partial charge on any atom is -0.302 e. The van der Waals surface area contributed by atoms with E-state index in [1.807, 2.05) is 11.8 Å². The van der Waals surface area contributed by atoms with E-state index in [-0.39, 0.29) is 0 Å². The molecule has 70 valence electrons. The molecule has 1 aliphatic rings. The van der Waals surface area contributed by atoms with Gasteiger partial charge < -0.3 is 5.32 Å². The molecule has 1 fully saturated rings. The van der Waals surface area contributed by atoms with Gasteiger partial charge in [0.05, 0.1) is 5.37 Å². The number of hydrogen-bond acceptors (Lipinski definition) is 2. The van der Waals surface area contributed by atoms with Crippen LogP contribution in [0, 0.1) is 0 Å². The Labute approximate surface area is 91.4 Å². The van der Waals surface area contributed by atoms with E-state index in [1.54, 1.807) is 0 Å². The van der Waals surface area contributed by atoms with Gasteiger partial charge in [-0.2, -0.15) is 0 Å². The molecule has 1 saturated heterocycles. The van der Waals surface area contributed by atoms with Crippen LogP contribution in [0.4, 0.5) is 0 Å². The van der Waals surface area contributed by atoms with Crippen molar-refractivity contribution in [2.75, 3.05) is 12.3 Å². The van der Waals surface area contributed by atoms with Crippen LogP contribution in [0.2, 0.25) is 0 Å². The lowest BCUT2D eigenvalue weighted by molar-refractivity contribution is 0.643. The molecule has 0 radical (unpaired) electrons. The molecular formula is C10H12BrNS. The molecule has 1 atom stereocenters. The molecule has 0 amide bonds. The lowest BCUT2D eigenvalue weighted by Gasteiger charge is -2.23. The fourth-order valence-electron chi connectivity index (χ4n) is 1.42. The Bertz CT molecular complexity index is 267. The van der Waals surface area contributed by atoms with E-state index in [0.717, 1.165) is 11.0 Å². The highest BCUT2D eigenvalue weighted by molar-refractivity contribution is 9.10. The highest BCUT2D eigenvalue weighted by atomic mass is 79.9. The topological polar surface area (TPSA) is 12.0 Å². The Hall–Kier alpha value is 0.01000. The molecule has 1 aromatic rings. The van der Waals surface area contributed by atoms with Crippen molar-refractivity contribution in [3.63, 3.8) is 0 Å². The number of rotatable bonds is 1. The van der Waals surface area contributed by atoms with E-state index in [0.29, 0.717) is 5.37 Å². The first-order chi connectivity index (χ1) is 6.36. The summed E-state index contributed by atoms with van der Waals surface area (Å²) in [5, 5.41) is 4.00. The Kier molecular flexibility index (Phi) is 3.30. The van der Waals surface area contributed by atoms with Gasteiger partial charge in [0.25, 0.3) is 0 Å². The SMILES string of the molecule is Brc1ccc(C2NCCCS2)cc1. The van der Waals surface area contributed by atoms with Gasteiger partial charge >= 0.3 is 0 Å². The zero-order valence-corrected chi connectivity index (χ0v) is 9.70. The molecule has 1 heterocycles. The lowest BCUT2D eigenvalue weighted by Crippen LogP contribution is -2.25. The molecule has 0 spiro atoms. The Balaban J connectivity index is 2.10. The van der Waals surface area contributed by atoms with Crippen LogP contribution in [0.5, 0.6) is 0 Å². The maximum absolute atomic E-state index is 3.50. The highest BCUT2D eigenvalue weighted by Crippen LogP contribution is 2.29. The van der Waals surface area contributed by atoms with Gasteiger partial charge in [-0.05, 0) is 36.4 Å². The normalized spacial score (nSPS) is 23.0. The van der Waals surface area contributed by atoms with E-state index in [9.17, 15) is 0 Å². The van der Waals surface area contributed by atoms with Crippen molar-refractivity contribution in [2.24, 2.45) is 0 Å². The lowest BCUT2D eigenvalue weighted by atomic mass is 10.2. The summed E-state index contributed by atoms with van der Waals surface area (Å²) in [7, 11) is 0. The van der Waals surface area contributed by atoms with E-state index in [4.69, 9.17) is 0 Å².